The standard InChI is InChI=1S/C16H20BrN5O3/c1-25-13(24)9-5-6-10(11(17)12(9)23)22-15(19)20-14(18)21-16(22)7-3-2-4-8-16/h5-6,23H,2-4,7-8H2,1H3,(H4,18,19,20,21). The molecule has 8 nitrogen and oxygen atoms in total. The number of rotatable bonds is 2. The highest BCUT2D eigenvalue weighted by atomic mass is 79.9. The lowest BCUT2D eigenvalue weighted by atomic mass is 9.87. The molecule has 3 rings (SSSR count). The Balaban J connectivity index is 2.12. The van der Waals surface area contributed by atoms with Gasteiger partial charge in [0.25, 0.3) is 0 Å². The third-order valence-electron chi connectivity index (χ3n) is 4.59. The maximum absolute atomic E-state index is 11.8. The maximum atomic E-state index is 11.8. The molecule has 1 fully saturated rings. The van der Waals surface area contributed by atoms with Crippen molar-refractivity contribution in [2.24, 2.45) is 21.5 Å². The van der Waals surface area contributed by atoms with E-state index in [1.165, 1.54) is 13.2 Å². The molecule has 25 heavy (non-hydrogen) atoms. The number of phenolic OH excluding ortho intramolecular Hbond substituents is 1. The number of nitrogens with zero attached hydrogens (tertiary/aromatic N) is 3. The molecule has 134 valence electrons. The van der Waals surface area contributed by atoms with Crippen LogP contribution >= 0.6 is 15.9 Å². The highest BCUT2D eigenvalue weighted by molar-refractivity contribution is 9.10. The molecule has 0 bridgehead atoms. The van der Waals surface area contributed by atoms with Crippen molar-refractivity contribution in [1.29, 1.82) is 0 Å². The fourth-order valence-corrected chi connectivity index (χ4v) is 3.99. The molecule has 5 N–H and O–H groups in total. The van der Waals surface area contributed by atoms with Crippen LogP contribution in [0.1, 0.15) is 42.5 Å². The van der Waals surface area contributed by atoms with Crippen LogP contribution in [0, 0.1) is 0 Å². The Morgan fingerprint density at radius 1 is 1.32 bits per heavy atom. The van der Waals surface area contributed by atoms with Crippen molar-refractivity contribution in [2.75, 3.05) is 12.0 Å². The van der Waals surface area contributed by atoms with Crippen LogP contribution in [0.2, 0.25) is 0 Å². The number of halogens is 1. The number of hydrogen-bond donors (Lipinski definition) is 3. The van der Waals surface area contributed by atoms with E-state index in [2.05, 4.69) is 30.7 Å². The number of nitrogens with two attached hydrogens (primary N) is 2. The molecule has 1 aliphatic heterocycles. The number of aliphatic imine (C=N–C) groups is 2. The molecular formula is C16H20BrN5O3. The van der Waals surface area contributed by atoms with E-state index in [0.29, 0.717) is 10.2 Å². The van der Waals surface area contributed by atoms with E-state index in [1.54, 1.807) is 11.0 Å². The van der Waals surface area contributed by atoms with Crippen molar-refractivity contribution in [3.63, 3.8) is 0 Å². The average Bonchev–Trinajstić information content (AvgIpc) is 2.58. The summed E-state index contributed by atoms with van der Waals surface area (Å²) in [5, 5.41) is 10.4. The van der Waals surface area contributed by atoms with Crippen molar-refractivity contribution in [2.45, 2.75) is 37.8 Å². The number of carbonyl (C=O) groups is 1. The molecule has 0 saturated heterocycles. The van der Waals surface area contributed by atoms with Crippen LogP contribution in [0.5, 0.6) is 5.75 Å². The van der Waals surface area contributed by atoms with Gasteiger partial charge in [0, 0.05) is 0 Å². The Hall–Kier alpha value is -2.29. The van der Waals surface area contributed by atoms with Gasteiger partial charge < -0.3 is 21.3 Å². The monoisotopic (exact) mass is 409 g/mol. The van der Waals surface area contributed by atoms with Crippen molar-refractivity contribution in [3.05, 3.63) is 22.2 Å². The number of aromatic hydroxyl groups is 1. The van der Waals surface area contributed by atoms with Gasteiger partial charge in [0.1, 0.15) is 17.0 Å². The van der Waals surface area contributed by atoms with E-state index < -0.39 is 11.6 Å². The molecule has 0 unspecified atom stereocenters. The Bertz CT molecular complexity index is 771. The first-order valence-corrected chi connectivity index (χ1v) is 8.78. The van der Waals surface area contributed by atoms with E-state index in [4.69, 9.17) is 11.5 Å². The summed E-state index contributed by atoms with van der Waals surface area (Å²) in [5.41, 5.74) is 12.0. The lowest BCUT2D eigenvalue weighted by Gasteiger charge is -2.46. The summed E-state index contributed by atoms with van der Waals surface area (Å²) in [4.78, 5) is 22.2. The number of phenols is 1. The van der Waals surface area contributed by atoms with E-state index in [0.717, 1.165) is 32.1 Å². The van der Waals surface area contributed by atoms with Gasteiger partial charge in [-0.1, -0.05) is 6.42 Å². The van der Waals surface area contributed by atoms with Gasteiger partial charge in [-0.15, -0.1) is 0 Å². The van der Waals surface area contributed by atoms with Crippen molar-refractivity contribution in [3.8, 4) is 5.75 Å². The summed E-state index contributed by atoms with van der Waals surface area (Å²) in [6, 6.07) is 3.18. The number of ether oxygens (including phenoxy) is 1. The molecule has 0 aromatic heterocycles. The third kappa shape index (κ3) is 2.92. The van der Waals surface area contributed by atoms with Gasteiger partial charge in [-0.05, 0) is 53.7 Å². The Labute approximate surface area is 153 Å². The molecule has 9 heteroatoms. The average molecular weight is 410 g/mol. The molecule has 0 atom stereocenters. The first kappa shape index (κ1) is 17.5. The molecule has 1 aromatic carbocycles. The lowest BCUT2D eigenvalue weighted by molar-refractivity contribution is 0.0597. The molecular weight excluding hydrogens is 390 g/mol. The Morgan fingerprint density at radius 3 is 2.64 bits per heavy atom. The van der Waals surface area contributed by atoms with Gasteiger partial charge in [0.2, 0.25) is 11.9 Å². The topological polar surface area (TPSA) is 127 Å². The van der Waals surface area contributed by atoms with Crippen LogP contribution < -0.4 is 16.4 Å². The summed E-state index contributed by atoms with van der Waals surface area (Å²) in [6.45, 7) is 0. The van der Waals surface area contributed by atoms with Crippen molar-refractivity contribution >= 4 is 39.5 Å². The smallest absolute Gasteiger partial charge is 0.341 e. The molecule has 2 aliphatic rings. The zero-order valence-electron chi connectivity index (χ0n) is 13.8. The second kappa shape index (κ2) is 6.55. The minimum absolute atomic E-state index is 0.0614. The van der Waals surface area contributed by atoms with Crippen molar-refractivity contribution < 1.29 is 14.6 Å². The SMILES string of the molecule is COC(=O)c1ccc(N2C(N)=NC(N)=NC23CCCCC3)c(Br)c1O. The largest absolute Gasteiger partial charge is 0.506 e. The molecule has 1 heterocycles. The van der Waals surface area contributed by atoms with Gasteiger partial charge in [0.05, 0.1) is 17.3 Å². The predicted molar refractivity (Wildman–Crippen MR) is 98.7 cm³/mol. The lowest BCUT2D eigenvalue weighted by Crippen LogP contribution is -2.58. The Kier molecular flexibility index (Phi) is 4.59. The van der Waals surface area contributed by atoms with E-state index in [-0.39, 0.29) is 23.2 Å². The zero-order chi connectivity index (χ0) is 18.2. The van der Waals surface area contributed by atoms with Crippen LogP contribution in [0.4, 0.5) is 5.69 Å². The van der Waals surface area contributed by atoms with Gasteiger partial charge in [0.15, 0.2) is 0 Å². The number of benzene rings is 1. The fourth-order valence-electron chi connectivity index (χ4n) is 3.47. The fraction of sp³-hybridized carbons (Fsp3) is 0.438. The third-order valence-corrected chi connectivity index (χ3v) is 5.38. The molecule has 0 radical (unpaired) electrons. The number of carbonyl (C=O) groups excluding carboxylic acids is 1. The van der Waals surface area contributed by atoms with Crippen LogP contribution in [0.3, 0.4) is 0 Å². The summed E-state index contributed by atoms with van der Waals surface area (Å²) in [5.74, 6) is -0.479. The summed E-state index contributed by atoms with van der Waals surface area (Å²) < 4.78 is 5.01. The number of esters is 1. The minimum Gasteiger partial charge on any atom is -0.506 e. The van der Waals surface area contributed by atoms with Crippen LogP contribution in [0.15, 0.2) is 26.6 Å². The Morgan fingerprint density at radius 2 is 2.00 bits per heavy atom. The molecule has 1 aliphatic carbocycles. The second-order valence-electron chi connectivity index (χ2n) is 6.10. The summed E-state index contributed by atoms with van der Waals surface area (Å²) in [6.07, 6.45) is 4.65. The zero-order valence-corrected chi connectivity index (χ0v) is 15.4. The minimum atomic E-state index is -0.629. The normalized spacial score (nSPS) is 19.4. The van der Waals surface area contributed by atoms with E-state index >= 15 is 0 Å². The quantitative estimate of drug-likeness (QED) is 0.641. The highest BCUT2D eigenvalue weighted by Crippen LogP contribution is 2.44. The van der Waals surface area contributed by atoms with Crippen LogP contribution in [-0.4, -0.2) is 35.8 Å². The van der Waals surface area contributed by atoms with Gasteiger partial charge >= 0.3 is 5.97 Å². The number of hydrogen-bond acceptors (Lipinski definition) is 8. The van der Waals surface area contributed by atoms with Gasteiger partial charge in [-0.2, -0.15) is 4.99 Å². The number of anilines is 1. The maximum Gasteiger partial charge on any atom is 0.341 e. The predicted octanol–water partition coefficient (Wildman–Crippen LogP) is 2.05. The van der Waals surface area contributed by atoms with E-state index in [1.807, 2.05) is 0 Å². The molecule has 1 aromatic rings. The summed E-state index contributed by atoms with van der Waals surface area (Å²) >= 11 is 3.37. The van der Waals surface area contributed by atoms with Crippen LogP contribution in [0.25, 0.3) is 0 Å². The summed E-state index contributed by atoms with van der Waals surface area (Å²) in [7, 11) is 1.26. The number of guanidine groups is 2. The van der Waals surface area contributed by atoms with Gasteiger partial charge in [-0.3, -0.25) is 4.90 Å². The van der Waals surface area contributed by atoms with Crippen LogP contribution in [-0.2, 0) is 4.74 Å². The van der Waals surface area contributed by atoms with Crippen molar-refractivity contribution in [1.82, 2.24) is 0 Å². The first-order chi connectivity index (χ1) is 11.9. The van der Waals surface area contributed by atoms with E-state index in [9.17, 15) is 9.90 Å². The molecule has 1 spiro atoms. The van der Waals surface area contributed by atoms with Gasteiger partial charge in [-0.25, -0.2) is 9.79 Å². The first-order valence-electron chi connectivity index (χ1n) is 7.99. The molecule has 1 saturated carbocycles. The second-order valence-corrected chi connectivity index (χ2v) is 6.90. The highest BCUT2D eigenvalue weighted by Gasteiger charge is 2.43. The molecule has 0 amide bonds. The number of methoxy groups -OCH3 is 1.